The number of piperazine rings is 1. The normalized spacial score (nSPS) is 13.3. The number of anilines is 5. The van der Waals surface area contributed by atoms with E-state index in [0.717, 1.165) is 33.2 Å². The zero-order chi connectivity index (χ0) is 40.9. The fourth-order valence-electron chi connectivity index (χ4n) is 6.96. The summed E-state index contributed by atoms with van der Waals surface area (Å²) < 4.78 is 5.50. The van der Waals surface area contributed by atoms with Crippen LogP contribution in [-0.2, 0) is 17.8 Å². The van der Waals surface area contributed by atoms with Crippen LogP contribution in [-0.4, -0.2) is 77.2 Å². The topological polar surface area (TPSA) is 161 Å². The van der Waals surface area contributed by atoms with Gasteiger partial charge in [-0.25, -0.2) is 14.8 Å². The Morgan fingerprint density at radius 1 is 0.828 bits per heavy atom. The third kappa shape index (κ3) is 8.86. The van der Waals surface area contributed by atoms with Crippen molar-refractivity contribution in [1.82, 2.24) is 20.2 Å². The van der Waals surface area contributed by atoms with Gasteiger partial charge in [-0.05, 0) is 73.5 Å². The van der Waals surface area contributed by atoms with E-state index in [1.807, 2.05) is 73.7 Å². The minimum atomic E-state index is -0.981. The minimum absolute atomic E-state index is 0.153. The van der Waals surface area contributed by atoms with Crippen molar-refractivity contribution in [3.05, 3.63) is 118 Å². The van der Waals surface area contributed by atoms with Gasteiger partial charge in [0.15, 0.2) is 0 Å². The quantitative estimate of drug-likeness (QED) is 0.0816. The number of nitrogens with one attached hydrogen (secondary N) is 4. The number of halogens is 2. The number of aromatic nitrogens is 2. The van der Waals surface area contributed by atoms with E-state index >= 15 is 0 Å². The maximum atomic E-state index is 13.8. The van der Waals surface area contributed by atoms with E-state index in [2.05, 4.69) is 31.2 Å². The second-order valence-corrected chi connectivity index (χ2v) is 14.7. The van der Waals surface area contributed by atoms with Crippen LogP contribution < -0.4 is 30.9 Å². The molecule has 2 aromatic heterocycles. The Bertz CT molecular complexity index is 2450. The molecule has 1 unspecified atom stereocenters. The fourth-order valence-corrected chi connectivity index (χ4v) is 7.48. The van der Waals surface area contributed by atoms with Crippen molar-refractivity contribution < 1.29 is 24.2 Å². The summed E-state index contributed by atoms with van der Waals surface area (Å²) in [6.07, 6.45) is 0.384. The number of carbonyl (C=O) groups is 3. The van der Waals surface area contributed by atoms with Crippen LogP contribution in [0.1, 0.15) is 35.5 Å². The average molecular weight is 822 g/mol. The number of benzene rings is 4. The first-order chi connectivity index (χ1) is 28.0. The fraction of sp³-hybridized carbons (Fsp3) is 0.233. The SMILES string of the molecule is CCc1nc(OC)c(NC(=O)N2CCN(c3cc(Cl)cc(Cl)c3)CC2)cc1C(=O)NC(C)C(=O)Nc1cc(CO)cc(Nc2c3ccccc3nc3ccccc23)c1. The van der Waals surface area contributed by atoms with Crippen LogP contribution in [0.15, 0.2) is 91.0 Å². The second kappa shape index (κ2) is 17.6. The first-order valence-corrected chi connectivity index (χ1v) is 19.5. The third-order valence-corrected chi connectivity index (χ3v) is 10.3. The molecule has 1 aliphatic rings. The van der Waals surface area contributed by atoms with Gasteiger partial charge in [-0.3, -0.25) is 9.59 Å². The number of ether oxygens (including phenoxy) is 1. The Morgan fingerprint density at radius 3 is 2.09 bits per heavy atom. The number of aliphatic hydroxyl groups excluding tert-OH is 1. The Labute approximate surface area is 345 Å². The summed E-state index contributed by atoms with van der Waals surface area (Å²) in [7, 11) is 1.44. The first-order valence-electron chi connectivity index (χ1n) is 18.8. The molecule has 0 saturated carbocycles. The smallest absolute Gasteiger partial charge is 0.322 e. The van der Waals surface area contributed by atoms with Gasteiger partial charge >= 0.3 is 6.03 Å². The Kier molecular flexibility index (Phi) is 12.1. The lowest BCUT2D eigenvalue weighted by Crippen LogP contribution is -2.50. The van der Waals surface area contributed by atoms with E-state index in [4.69, 9.17) is 32.9 Å². The lowest BCUT2D eigenvalue weighted by atomic mass is 10.1. The van der Waals surface area contributed by atoms with Crippen LogP contribution in [0.3, 0.4) is 0 Å². The molecule has 13 nitrogen and oxygen atoms in total. The minimum Gasteiger partial charge on any atom is -0.480 e. The monoisotopic (exact) mass is 820 g/mol. The molecule has 0 aliphatic carbocycles. The molecule has 3 heterocycles. The van der Waals surface area contributed by atoms with Crippen LogP contribution in [0.4, 0.5) is 33.2 Å². The molecule has 6 aromatic rings. The van der Waals surface area contributed by atoms with Crippen molar-refractivity contribution in [2.75, 3.05) is 54.1 Å². The molecule has 5 N–H and O–H groups in total. The molecule has 1 aliphatic heterocycles. The van der Waals surface area contributed by atoms with Crippen molar-refractivity contribution in [1.29, 1.82) is 0 Å². The van der Waals surface area contributed by atoms with Gasteiger partial charge in [0.1, 0.15) is 11.7 Å². The molecule has 1 atom stereocenters. The molecule has 15 heteroatoms. The zero-order valence-electron chi connectivity index (χ0n) is 32.1. The molecule has 58 heavy (non-hydrogen) atoms. The van der Waals surface area contributed by atoms with Gasteiger partial charge in [0.05, 0.1) is 41.7 Å². The first kappa shape index (κ1) is 40.1. The van der Waals surface area contributed by atoms with Crippen molar-refractivity contribution >= 4 is 91.3 Å². The molecule has 0 bridgehead atoms. The van der Waals surface area contributed by atoms with E-state index in [1.54, 1.807) is 30.0 Å². The molecule has 0 radical (unpaired) electrons. The summed E-state index contributed by atoms with van der Waals surface area (Å²) in [4.78, 5) is 53.9. The van der Waals surface area contributed by atoms with Gasteiger partial charge < -0.3 is 40.9 Å². The number of aryl methyl sites for hydroxylation is 1. The zero-order valence-corrected chi connectivity index (χ0v) is 33.6. The van der Waals surface area contributed by atoms with Crippen LogP contribution in [0.25, 0.3) is 21.8 Å². The van der Waals surface area contributed by atoms with E-state index < -0.39 is 17.9 Å². The largest absolute Gasteiger partial charge is 0.480 e. The molecule has 0 spiro atoms. The number of para-hydroxylation sites is 2. The molecule has 7 rings (SSSR count). The molecular formula is C43H42Cl2N8O5. The number of urea groups is 1. The number of carbonyl (C=O) groups excluding carboxylic acids is 3. The van der Waals surface area contributed by atoms with Gasteiger partial charge in [-0.2, -0.15) is 0 Å². The van der Waals surface area contributed by atoms with Crippen LogP contribution >= 0.6 is 23.2 Å². The summed E-state index contributed by atoms with van der Waals surface area (Å²) in [5, 5.41) is 25.0. The van der Waals surface area contributed by atoms with Gasteiger partial charge in [0, 0.05) is 64.1 Å². The Hall–Kier alpha value is -6.15. The summed E-state index contributed by atoms with van der Waals surface area (Å²) in [5.74, 6) is -0.885. The van der Waals surface area contributed by atoms with Crippen LogP contribution in [0.2, 0.25) is 10.0 Å². The summed E-state index contributed by atoms with van der Waals surface area (Å²) in [5.41, 5.74) is 5.82. The number of fused-ring (bicyclic) bond motifs is 2. The highest BCUT2D eigenvalue weighted by atomic mass is 35.5. The predicted octanol–water partition coefficient (Wildman–Crippen LogP) is 8.01. The van der Waals surface area contributed by atoms with Gasteiger partial charge in [0.2, 0.25) is 11.8 Å². The van der Waals surface area contributed by atoms with Gasteiger partial charge in [-0.15, -0.1) is 0 Å². The summed E-state index contributed by atoms with van der Waals surface area (Å²) >= 11 is 12.4. The second-order valence-electron chi connectivity index (χ2n) is 13.8. The Morgan fingerprint density at radius 2 is 1.47 bits per heavy atom. The standard InChI is InChI=1S/C43H42Cl2N8O5/c1-4-35-34(23-38(42(50-35)58-3)51-43(57)53-15-13-52(14-16-53)31-20-27(44)19-28(45)21-31)41(56)46-25(2)40(55)48-30-18-26(24-54)17-29(22-30)47-39-32-9-5-7-11-36(32)49-37-12-8-6-10-33(37)39/h5-12,17-23,25,54H,4,13-16,24H2,1-3H3,(H,46,56)(H,47,49)(H,48,55)(H,51,57). The maximum Gasteiger partial charge on any atom is 0.322 e. The lowest BCUT2D eigenvalue weighted by Gasteiger charge is -2.36. The Balaban J connectivity index is 1.04. The number of aliphatic hydroxyl groups is 1. The predicted molar refractivity (Wildman–Crippen MR) is 230 cm³/mol. The summed E-state index contributed by atoms with van der Waals surface area (Å²) in [6.45, 7) is 5.12. The molecule has 1 saturated heterocycles. The van der Waals surface area contributed by atoms with Crippen LogP contribution in [0.5, 0.6) is 5.88 Å². The number of pyridine rings is 2. The molecule has 4 aromatic carbocycles. The van der Waals surface area contributed by atoms with E-state index in [1.165, 1.54) is 13.2 Å². The van der Waals surface area contributed by atoms with Crippen molar-refractivity contribution in [3.8, 4) is 5.88 Å². The van der Waals surface area contributed by atoms with E-state index in [0.29, 0.717) is 65.3 Å². The molecule has 298 valence electrons. The van der Waals surface area contributed by atoms with Crippen molar-refractivity contribution in [2.24, 2.45) is 0 Å². The van der Waals surface area contributed by atoms with Crippen LogP contribution in [0, 0.1) is 0 Å². The summed E-state index contributed by atoms with van der Waals surface area (Å²) in [6, 6.07) is 26.4. The number of hydrogen-bond donors (Lipinski definition) is 5. The molecular weight excluding hydrogens is 779 g/mol. The number of hydrogen-bond acceptors (Lipinski definition) is 9. The maximum absolute atomic E-state index is 13.8. The van der Waals surface area contributed by atoms with Crippen molar-refractivity contribution in [3.63, 3.8) is 0 Å². The molecule has 1 fully saturated rings. The number of amides is 4. The molecule has 4 amide bonds. The number of nitrogens with zero attached hydrogens (tertiary/aromatic N) is 4. The number of rotatable bonds is 11. The highest BCUT2D eigenvalue weighted by Crippen LogP contribution is 2.34. The van der Waals surface area contributed by atoms with Gasteiger partial charge in [-0.1, -0.05) is 66.5 Å². The number of methoxy groups -OCH3 is 1. The third-order valence-electron chi connectivity index (χ3n) is 9.90. The lowest BCUT2D eigenvalue weighted by molar-refractivity contribution is -0.117. The average Bonchev–Trinajstić information content (AvgIpc) is 3.22. The highest BCUT2D eigenvalue weighted by Gasteiger charge is 2.26. The van der Waals surface area contributed by atoms with Gasteiger partial charge in [0.25, 0.3) is 5.91 Å². The van der Waals surface area contributed by atoms with E-state index in [9.17, 15) is 19.5 Å². The van der Waals surface area contributed by atoms with Crippen molar-refractivity contribution in [2.45, 2.75) is 32.9 Å². The highest BCUT2D eigenvalue weighted by molar-refractivity contribution is 6.35. The van der Waals surface area contributed by atoms with E-state index in [-0.39, 0.29) is 29.8 Å².